The average molecular weight is 491 g/mol. The molecule has 0 spiro atoms. The highest BCUT2D eigenvalue weighted by molar-refractivity contribution is 6.30. The van der Waals surface area contributed by atoms with E-state index in [1.807, 2.05) is 30.5 Å². The van der Waals surface area contributed by atoms with Crippen LogP contribution in [0.3, 0.4) is 0 Å². The molecule has 2 aromatic heterocycles. The van der Waals surface area contributed by atoms with Crippen LogP contribution in [0, 0.1) is 26.7 Å². The van der Waals surface area contributed by atoms with Gasteiger partial charge in [-0.05, 0) is 64.8 Å². The summed E-state index contributed by atoms with van der Waals surface area (Å²) in [5, 5.41) is 11.4. The molecule has 3 aromatic rings. The quantitative estimate of drug-likeness (QED) is 0.409. The van der Waals surface area contributed by atoms with Crippen molar-refractivity contribution in [2.24, 2.45) is 5.92 Å². The lowest BCUT2D eigenvalue weighted by Crippen LogP contribution is -2.28. The first kappa shape index (κ1) is 24.6. The molecule has 1 saturated carbocycles. The molecule has 0 saturated heterocycles. The van der Waals surface area contributed by atoms with E-state index in [0.29, 0.717) is 27.5 Å². The first-order valence-corrected chi connectivity index (χ1v) is 11.6. The molecule has 2 atom stereocenters. The Labute approximate surface area is 202 Å². The zero-order valence-electron chi connectivity index (χ0n) is 20.2. The van der Waals surface area contributed by atoms with Crippen LogP contribution in [0.4, 0.5) is 8.78 Å². The Morgan fingerprint density at radius 3 is 2.35 bits per heavy atom. The predicted octanol–water partition coefficient (Wildman–Crippen LogP) is 6.88. The van der Waals surface area contributed by atoms with Gasteiger partial charge in [0, 0.05) is 51.8 Å². The van der Waals surface area contributed by atoms with Crippen LogP contribution in [0.25, 0.3) is 22.2 Å². The fraction of sp³-hybridized carbons (Fsp3) is 0.462. The fourth-order valence-corrected chi connectivity index (χ4v) is 4.66. The molecule has 8 heteroatoms. The van der Waals surface area contributed by atoms with Crippen molar-refractivity contribution in [3.63, 3.8) is 0 Å². The SMILES string of the molecule is Cc1nc2c(c(C)c(C)n2CC2CC2(F)F)c(-c2ccc(Cl)cc2)c1[C@H](OC(C)(C)C)C(=O)O. The van der Waals surface area contributed by atoms with Crippen LogP contribution in [0.15, 0.2) is 24.3 Å². The maximum atomic E-state index is 13.8. The highest BCUT2D eigenvalue weighted by Gasteiger charge is 2.57. The van der Waals surface area contributed by atoms with Crippen LogP contribution < -0.4 is 0 Å². The number of rotatable bonds is 6. The highest BCUT2D eigenvalue weighted by Crippen LogP contribution is 2.50. The van der Waals surface area contributed by atoms with Gasteiger partial charge in [0.25, 0.3) is 5.92 Å². The number of hydrogen-bond acceptors (Lipinski definition) is 3. The Morgan fingerprint density at radius 2 is 1.85 bits per heavy atom. The molecule has 1 aliphatic rings. The van der Waals surface area contributed by atoms with Gasteiger partial charge in [-0.1, -0.05) is 23.7 Å². The number of nitrogens with zero attached hydrogens (tertiary/aromatic N) is 2. The first-order chi connectivity index (χ1) is 15.7. The van der Waals surface area contributed by atoms with Crippen LogP contribution in [0.1, 0.15) is 55.8 Å². The van der Waals surface area contributed by atoms with Crippen molar-refractivity contribution >= 4 is 28.6 Å². The summed E-state index contributed by atoms with van der Waals surface area (Å²) in [4.78, 5) is 17.2. The number of aliphatic carboxylic acids is 1. The van der Waals surface area contributed by atoms with E-state index in [1.54, 1.807) is 39.8 Å². The predicted molar refractivity (Wildman–Crippen MR) is 129 cm³/mol. The smallest absolute Gasteiger partial charge is 0.337 e. The molecule has 4 rings (SSSR count). The van der Waals surface area contributed by atoms with Crippen molar-refractivity contribution < 1.29 is 23.4 Å². The van der Waals surface area contributed by atoms with E-state index in [2.05, 4.69) is 0 Å². The number of ether oxygens (including phenoxy) is 1. The molecule has 2 heterocycles. The molecule has 0 aliphatic heterocycles. The van der Waals surface area contributed by atoms with Crippen molar-refractivity contribution in [2.45, 2.75) is 72.1 Å². The van der Waals surface area contributed by atoms with E-state index in [-0.39, 0.29) is 13.0 Å². The zero-order valence-corrected chi connectivity index (χ0v) is 20.9. The maximum absolute atomic E-state index is 13.8. The molecule has 1 aliphatic carbocycles. The number of carboxylic acid groups (broad SMARTS) is 1. The van der Waals surface area contributed by atoms with Gasteiger partial charge in [-0.3, -0.25) is 0 Å². The van der Waals surface area contributed by atoms with E-state index in [1.165, 1.54) is 0 Å². The lowest BCUT2D eigenvalue weighted by atomic mass is 9.91. The Hall–Kier alpha value is -2.51. The number of carboxylic acids is 1. The molecule has 5 nitrogen and oxygen atoms in total. The van der Waals surface area contributed by atoms with Crippen molar-refractivity contribution in [3.8, 4) is 11.1 Å². The van der Waals surface area contributed by atoms with Gasteiger partial charge in [0.05, 0.1) is 5.60 Å². The standard InChI is InChI=1S/C26H29ClF2N2O3/c1-13-15(3)31(12-17-11-26(17,28)29)23-19(13)21(16-7-9-18(27)10-8-16)20(14(2)30-23)22(24(32)33)34-25(4,5)6/h7-10,17,22H,11-12H2,1-6H3,(H,32,33)/t17?,22-/m0/s1. The van der Waals surface area contributed by atoms with Gasteiger partial charge in [0.15, 0.2) is 6.10 Å². The number of benzene rings is 1. The van der Waals surface area contributed by atoms with Crippen molar-refractivity contribution in [1.82, 2.24) is 9.55 Å². The minimum absolute atomic E-state index is 0.132. The molecule has 0 bridgehead atoms. The van der Waals surface area contributed by atoms with Gasteiger partial charge >= 0.3 is 5.97 Å². The number of pyridine rings is 1. The number of hydrogen-bond donors (Lipinski definition) is 1. The Bertz CT molecular complexity index is 1280. The van der Waals surface area contributed by atoms with Crippen molar-refractivity contribution in [2.75, 3.05) is 0 Å². The molecule has 34 heavy (non-hydrogen) atoms. The number of alkyl halides is 2. The number of halogens is 3. The third kappa shape index (κ3) is 4.43. The Morgan fingerprint density at radius 1 is 1.26 bits per heavy atom. The molecule has 1 aromatic carbocycles. The lowest BCUT2D eigenvalue weighted by Gasteiger charge is -2.28. The minimum Gasteiger partial charge on any atom is -0.479 e. The monoisotopic (exact) mass is 490 g/mol. The summed E-state index contributed by atoms with van der Waals surface area (Å²) in [7, 11) is 0. The van der Waals surface area contributed by atoms with Gasteiger partial charge in [0.1, 0.15) is 5.65 Å². The molecule has 182 valence electrons. The van der Waals surface area contributed by atoms with Gasteiger partial charge in [-0.25, -0.2) is 18.6 Å². The number of aryl methyl sites for hydroxylation is 2. The van der Waals surface area contributed by atoms with Crippen LogP contribution in [-0.4, -0.2) is 32.2 Å². The summed E-state index contributed by atoms with van der Waals surface area (Å²) in [6.45, 7) is 11.1. The maximum Gasteiger partial charge on any atom is 0.337 e. The van der Waals surface area contributed by atoms with E-state index >= 15 is 0 Å². The Balaban J connectivity index is 2.05. The summed E-state index contributed by atoms with van der Waals surface area (Å²) in [6, 6.07) is 7.15. The number of carbonyl (C=O) groups is 1. The molecule has 1 N–H and O–H groups in total. The lowest BCUT2D eigenvalue weighted by molar-refractivity contribution is -0.160. The zero-order chi connectivity index (χ0) is 25.2. The van der Waals surface area contributed by atoms with Gasteiger partial charge in [0.2, 0.25) is 0 Å². The normalized spacial score (nSPS) is 18.3. The molecule has 1 fully saturated rings. The second-order valence-electron chi connectivity index (χ2n) is 10.1. The largest absolute Gasteiger partial charge is 0.479 e. The third-order valence-electron chi connectivity index (χ3n) is 6.43. The first-order valence-electron chi connectivity index (χ1n) is 11.3. The van der Waals surface area contributed by atoms with Crippen LogP contribution >= 0.6 is 11.6 Å². The minimum atomic E-state index is -2.65. The summed E-state index contributed by atoms with van der Waals surface area (Å²) >= 11 is 6.13. The molecular formula is C26H29ClF2N2O3. The van der Waals surface area contributed by atoms with Crippen molar-refractivity contribution in [3.05, 3.63) is 51.8 Å². The molecule has 1 unspecified atom stereocenters. The van der Waals surface area contributed by atoms with E-state index in [0.717, 1.165) is 22.2 Å². The summed E-state index contributed by atoms with van der Waals surface area (Å²) in [5.41, 5.74) is 3.93. The summed E-state index contributed by atoms with van der Waals surface area (Å²) < 4.78 is 35.4. The van der Waals surface area contributed by atoms with Gasteiger partial charge < -0.3 is 14.4 Å². The topological polar surface area (TPSA) is 64.4 Å². The van der Waals surface area contributed by atoms with E-state index in [4.69, 9.17) is 21.3 Å². The number of fused-ring (bicyclic) bond motifs is 1. The van der Waals surface area contributed by atoms with Crippen LogP contribution in [-0.2, 0) is 16.1 Å². The molecular weight excluding hydrogens is 462 g/mol. The summed E-state index contributed by atoms with van der Waals surface area (Å²) in [5.74, 6) is -4.50. The van der Waals surface area contributed by atoms with Crippen LogP contribution in [0.2, 0.25) is 5.02 Å². The third-order valence-corrected chi connectivity index (χ3v) is 6.69. The Kier molecular flexibility index (Phi) is 6.01. The van der Waals surface area contributed by atoms with Crippen molar-refractivity contribution in [1.29, 1.82) is 0 Å². The number of aromatic nitrogens is 2. The second-order valence-corrected chi connectivity index (χ2v) is 10.6. The average Bonchev–Trinajstić information content (AvgIpc) is 3.27. The van der Waals surface area contributed by atoms with Gasteiger partial charge in [-0.2, -0.15) is 0 Å². The van der Waals surface area contributed by atoms with Crippen LogP contribution in [0.5, 0.6) is 0 Å². The fourth-order valence-electron chi connectivity index (χ4n) is 4.53. The molecule has 0 radical (unpaired) electrons. The molecule has 0 amide bonds. The van der Waals surface area contributed by atoms with E-state index < -0.39 is 29.5 Å². The van der Waals surface area contributed by atoms with E-state index in [9.17, 15) is 18.7 Å². The second kappa shape index (κ2) is 8.31. The summed E-state index contributed by atoms with van der Waals surface area (Å²) in [6.07, 6.45) is -1.40. The van der Waals surface area contributed by atoms with Gasteiger partial charge in [-0.15, -0.1) is 0 Å². The highest BCUT2D eigenvalue weighted by atomic mass is 35.5.